The van der Waals surface area contributed by atoms with Gasteiger partial charge in [-0.15, -0.1) is 0 Å². The minimum absolute atomic E-state index is 0.555. The molecule has 0 spiro atoms. The van der Waals surface area contributed by atoms with E-state index in [0.29, 0.717) is 6.54 Å². The fourth-order valence-electron chi connectivity index (χ4n) is 1.67. The zero-order chi connectivity index (χ0) is 9.97. The van der Waals surface area contributed by atoms with Crippen molar-refractivity contribution < 1.29 is 0 Å². The Bertz CT molecular complexity index is 449. The smallest absolute Gasteiger partial charge is 0.0734 e. The van der Waals surface area contributed by atoms with Gasteiger partial charge in [0.05, 0.1) is 5.52 Å². The third kappa shape index (κ3) is 1.49. The van der Waals surface area contributed by atoms with Crippen LogP contribution in [0.15, 0.2) is 30.5 Å². The molecule has 2 N–H and O–H groups in total. The van der Waals surface area contributed by atoms with Crippen LogP contribution in [0.4, 0.5) is 0 Å². The monoisotopic (exact) mass is 186 g/mol. The van der Waals surface area contributed by atoms with Gasteiger partial charge in [0.2, 0.25) is 0 Å². The Kier molecular flexibility index (Phi) is 2.46. The van der Waals surface area contributed by atoms with Crippen molar-refractivity contribution in [1.82, 2.24) is 4.98 Å². The van der Waals surface area contributed by atoms with Crippen LogP contribution in [0.3, 0.4) is 0 Å². The molecule has 1 aromatic heterocycles. The van der Waals surface area contributed by atoms with Gasteiger partial charge in [-0.1, -0.05) is 25.1 Å². The second-order valence-corrected chi connectivity index (χ2v) is 3.39. The van der Waals surface area contributed by atoms with E-state index in [1.165, 1.54) is 10.9 Å². The number of benzene rings is 1. The van der Waals surface area contributed by atoms with Gasteiger partial charge in [-0.05, 0) is 23.6 Å². The highest BCUT2D eigenvalue weighted by Gasteiger charge is 2.00. The zero-order valence-electron chi connectivity index (χ0n) is 8.33. The van der Waals surface area contributed by atoms with Gasteiger partial charge < -0.3 is 5.73 Å². The zero-order valence-corrected chi connectivity index (χ0v) is 8.33. The van der Waals surface area contributed by atoms with Crippen LogP contribution in [-0.4, -0.2) is 4.98 Å². The van der Waals surface area contributed by atoms with Gasteiger partial charge in [-0.2, -0.15) is 0 Å². The van der Waals surface area contributed by atoms with E-state index in [1.807, 2.05) is 6.20 Å². The van der Waals surface area contributed by atoms with E-state index in [-0.39, 0.29) is 0 Å². The summed E-state index contributed by atoms with van der Waals surface area (Å²) in [6.07, 6.45) is 2.88. The van der Waals surface area contributed by atoms with E-state index < -0.39 is 0 Å². The molecule has 0 saturated heterocycles. The Morgan fingerprint density at radius 3 is 2.93 bits per heavy atom. The van der Waals surface area contributed by atoms with Gasteiger partial charge in [0.1, 0.15) is 0 Å². The summed E-state index contributed by atoms with van der Waals surface area (Å²) in [6.45, 7) is 2.70. The molecule has 1 aromatic carbocycles. The number of hydrogen-bond donors (Lipinski definition) is 1. The fraction of sp³-hybridized carbons (Fsp3) is 0.250. The Balaban J connectivity index is 2.67. The van der Waals surface area contributed by atoms with Crippen LogP contribution in [0.25, 0.3) is 10.9 Å². The molecule has 0 unspecified atom stereocenters. The van der Waals surface area contributed by atoms with Crippen molar-refractivity contribution >= 4 is 10.9 Å². The van der Waals surface area contributed by atoms with Crippen molar-refractivity contribution in [2.24, 2.45) is 5.73 Å². The highest BCUT2D eigenvalue weighted by molar-refractivity contribution is 5.82. The Morgan fingerprint density at radius 2 is 2.21 bits per heavy atom. The van der Waals surface area contributed by atoms with E-state index in [0.717, 1.165) is 17.5 Å². The average Bonchev–Trinajstić information content (AvgIpc) is 2.27. The largest absolute Gasteiger partial charge is 0.326 e. The van der Waals surface area contributed by atoms with Gasteiger partial charge in [0.15, 0.2) is 0 Å². The van der Waals surface area contributed by atoms with E-state index in [9.17, 15) is 0 Å². The van der Waals surface area contributed by atoms with Crippen LogP contribution in [0, 0.1) is 0 Å². The third-order valence-corrected chi connectivity index (χ3v) is 2.47. The molecule has 14 heavy (non-hydrogen) atoms. The molecule has 0 aliphatic carbocycles. The lowest BCUT2D eigenvalue weighted by Gasteiger charge is -2.04. The minimum Gasteiger partial charge on any atom is -0.326 e. The summed E-state index contributed by atoms with van der Waals surface area (Å²) < 4.78 is 0. The molecule has 1 heterocycles. The molecule has 2 aromatic rings. The van der Waals surface area contributed by atoms with Gasteiger partial charge in [-0.3, -0.25) is 4.98 Å². The molecule has 0 bridgehead atoms. The fourth-order valence-corrected chi connectivity index (χ4v) is 1.67. The van der Waals surface area contributed by atoms with Gasteiger partial charge in [0, 0.05) is 18.1 Å². The number of nitrogens with two attached hydrogens (primary N) is 1. The van der Waals surface area contributed by atoms with Gasteiger partial charge in [-0.25, -0.2) is 0 Å². The maximum Gasteiger partial charge on any atom is 0.0734 e. The van der Waals surface area contributed by atoms with E-state index in [2.05, 4.69) is 36.2 Å². The first-order valence-corrected chi connectivity index (χ1v) is 4.91. The molecule has 0 fully saturated rings. The van der Waals surface area contributed by atoms with Crippen molar-refractivity contribution in [3.05, 3.63) is 41.6 Å². The van der Waals surface area contributed by atoms with Crippen molar-refractivity contribution in [3.8, 4) is 0 Å². The highest BCUT2D eigenvalue weighted by atomic mass is 14.7. The molecule has 2 heteroatoms. The van der Waals surface area contributed by atoms with Crippen molar-refractivity contribution in [1.29, 1.82) is 0 Å². The lowest BCUT2D eigenvalue weighted by molar-refractivity contribution is 1.05. The normalized spacial score (nSPS) is 10.7. The minimum atomic E-state index is 0.555. The first-order valence-electron chi connectivity index (χ1n) is 4.91. The van der Waals surface area contributed by atoms with Crippen LogP contribution in [0.5, 0.6) is 0 Å². The molecule has 0 amide bonds. The summed E-state index contributed by atoms with van der Waals surface area (Å²) in [5, 5.41) is 1.19. The van der Waals surface area contributed by atoms with Gasteiger partial charge >= 0.3 is 0 Å². The SMILES string of the molecule is CCc1cccc2cc(CN)cnc12. The molecule has 72 valence electrons. The van der Waals surface area contributed by atoms with Crippen LogP contribution in [0.2, 0.25) is 0 Å². The predicted octanol–water partition coefficient (Wildman–Crippen LogP) is 2.26. The number of pyridine rings is 1. The predicted molar refractivity (Wildman–Crippen MR) is 59.0 cm³/mol. The number of rotatable bonds is 2. The number of fused-ring (bicyclic) bond motifs is 1. The van der Waals surface area contributed by atoms with Gasteiger partial charge in [0.25, 0.3) is 0 Å². The molecule has 0 radical (unpaired) electrons. The second kappa shape index (κ2) is 3.76. The quantitative estimate of drug-likeness (QED) is 0.781. The summed E-state index contributed by atoms with van der Waals surface area (Å²) in [6, 6.07) is 8.39. The summed E-state index contributed by atoms with van der Waals surface area (Å²) in [5.41, 5.74) is 9.06. The lowest BCUT2D eigenvalue weighted by atomic mass is 10.1. The van der Waals surface area contributed by atoms with E-state index in [1.54, 1.807) is 0 Å². The average molecular weight is 186 g/mol. The highest BCUT2D eigenvalue weighted by Crippen LogP contribution is 2.17. The van der Waals surface area contributed by atoms with Crippen molar-refractivity contribution in [3.63, 3.8) is 0 Å². The third-order valence-electron chi connectivity index (χ3n) is 2.47. The molecular formula is C12H14N2. The number of para-hydroxylation sites is 1. The summed E-state index contributed by atoms with van der Waals surface area (Å²) in [4.78, 5) is 4.44. The Morgan fingerprint density at radius 1 is 1.36 bits per heavy atom. The molecule has 0 atom stereocenters. The van der Waals surface area contributed by atoms with Crippen molar-refractivity contribution in [2.75, 3.05) is 0 Å². The molecule has 2 nitrogen and oxygen atoms in total. The van der Waals surface area contributed by atoms with Crippen LogP contribution >= 0.6 is 0 Å². The molecule has 0 saturated carbocycles. The topological polar surface area (TPSA) is 38.9 Å². The molecule has 0 aliphatic heterocycles. The summed E-state index contributed by atoms with van der Waals surface area (Å²) in [5.74, 6) is 0. The van der Waals surface area contributed by atoms with E-state index in [4.69, 9.17) is 5.73 Å². The number of aryl methyl sites for hydroxylation is 1. The van der Waals surface area contributed by atoms with E-state index >= 15 is 0 Å². The summed E-state index contributed by atoms with van der Waals surface area (Å²) >= 11 is 0. The maximum absolute atomic E-state index is 5.57. The number of nitrogens with zero attached hydrogens (tertiary/aromatic N) is 1. The van der Waals surface area contributed by atoms with Crippen LogP contribution in [-0.2, 0) is 13.0 Å². The maximum atomic E-state index is 5.57. The van der Waals surface area contributed by atoms with Crippen molar-refractivity contribution in [2.45, 2.75) is 19.9 Å². The molecule has 2 rings (SSSR count). The Labute approximate surface area is 83.8 Å². The first kappa shape index (κ1) is 9.16. The first-order chi connectivity index (χ1) is 6.85. The summed E-state index contributed by atoms with van der Waals surface area (Å²) in [7, 11) is 0. The molecular weight excluding hydrogens is 172 g/mol. The number of hydrogen-bond acceptors (Lipinski definition) is 2. The second-order valence-electron chi connectivity index (χ2n) is 3.39. The standard InChI is InChI=1S/C12H14N2/c1-2-10-4-3-5-11-6-9(7-13)8-14-12(10)11/h3-6,8H,2,7,13H2,1H3. The Hall–Kier alpha value is -1.41. The van der Waals surface area contributed by atoms with Crippen LogP contribution in [0.1, 0.15) is 18.1 Å². The van der Waals surface area contributed by atoms with Crippen LogP contribution < -0.4 is 5.73 Å². The lowest BCUT2D eigenvalue weighted by Crippen LogP contribution is -1.97. The molecule has 0 aliphatic rings. The number of aromatic nitrogens is 1.